The van der Waals surface area contributed by atoms with Gasteiger partial charge in [-0.1, -0.05) is 0 Å². The van der Waals surface area contributed by atoms with Gasteiger partial charge >= 0.3 is 0 Å². The highest BCUT2D eigenvalue weighted by molar-refractivity contribution is 5.93. The molecule has 2 aliphatic rings. The summed E-state index contributed by atoms with van der Waals surface area (Å²) < 4.78 is 5.20. The first-order chi connectivity index (χ1) is 7.18. The molecule has 2 heterocycles. The van der Waals surface area contributed by atoms with Gasteiger partial charge < -0.3 is 15.8 Å². The first kappa shape index (κ1) is 10.4. The van der Waals surface area contributed by atoms with E-state index in [9.17, 15) is 9.59 Å². The Hall–Kier alpha value is -1.14. The summed E-state index contributed by atoms with van der Waals surface area (Å²) in [5.41, 5.74) is 5.15. The largest absolute Gasteiger partial charge is 0.379 e. The number of rotatable bonds is 2. The van der Waals surface area contributed by atoms with Crippen LogP contribution in [0.1, 0.15) is 6.42 Å². The Kier molecular flexibility index (Phi) is 2.88. The van der Waals surface area contributed by atoms with Crippen LogP contribution in [0.2, 0.25) is 0 Å². The van der Waals surface area contributed by atoms with Crippen LogP contribution < -0.4 is 11.1 Å². The van der Waals surface area contributed by atoms with Crippen molar-refractivity contribution < 1.29 is 14.3 Å². The lowest BCUT2D eigenvalue weighted by Gasteiger charge is -2.30. The van der Waals surface area contributed by atoms with Gasteiger partial charge in [0.15, 0.2) is 0 Å². The van der Waals surface area contributed by atoms with Gasteiger partial charge in [0.1, 0.15) is 6.04 Å². The Morgan fingerprint density at radius 2 is 2.13 bits per heavy atom. The Labute approximate surface area is 87.7 Å². The molecule has 0 aromatic carbocycles. The molecule has 0 bridgehead atoms. The van der Waals surface area contributed by atoms with Crippen LogP contribution in [0.4, 0.5) is 0 Å². The fourth-order valence-electron chi connectivity index (χ4n) is 2.05. The van der Waals surface area contributed by atoms with Crippen LogP contribution in [0.5, 0.6) is 0 Å². The first-order valence-electron chi connectivity index (χ1n) is 5.10. The number of nitrogens with one attached hydrogen (secondary N) is 1. The average Bonchev–Trinajstić information content (AvgIpc) is 2.62. The fraction of sp³-hybridized carbons (Fsp3) is 0.778. The van der Waals surface area contributed by atoms with Gasteiger partial charge in [0.05, 0.1) is 19.3 Å². The third-order valence-electron chi connectivity index (χ3n) is 2.91. The van der Waals surface area contributed by atoms with E-state index >= 15 is 0 Å². The molecule has 2 aliphatic heterocycles. The molecule has 3 N–H and O–H groups in total. The molecule has 0 saturated carbocycles. The first-order valence-corrected chi connectivity index (χ1v) is 5.10. The maximum absolute atomic E-state index is 11.6. The van der Waals surface area contributed by atoms with Crippen LogP contribution in [-0.4, -0.2) is 55.1 Å². The number of nitrogens with zero attached hydrogens (tertiary/aromatic N) is 1. The number of carbonyl (C=O) groups is 2. The summed E-state index contributed by atoms with van der Waals surface area (Å²) in [5, 5.41) is 2.60. The molecule has 2 unspecified atom stereocenters. The van der Waals surface area contributed by atoms with Gasteiger partial charge in [0.25, 0.3) is 0 Å². The van der Waals surface area contributed by atoms with Crippen molar-refractivity contribution in [2.45, 2.75) is 18.5 Å². The second-order valence-corrected chi connectivity index (χ2v) is 3.86. The molecule has 2 fully saturated rings. The number of nitrogens with two attached hydrogens (primary N) is 1. The summed E-state index contributed by atoms with van der Waals surface area (Å²) in [7, 11) is 0. The lowest BCUT2D eigenvalue weighted by molar-refractivity contribution is -0.126. The molecule has 2 rings (SSSR count). The molecule has 2 atom stereocenters. The Morgan fingerprint density at radius 1 is 1.47 bits per heavy atom. The number of ether oxygens (including phenoxy) is 1. The van der Waals surface area contributed by atoms with Crippen LogP contribution in [0, 0.1) is 0 Å². The highest BCUT2D eigenvalue weighted by Gasteiger charge is 2.38. The van der Waals surface area contributed by atoms with Crippen molar-refractivity contribution in [2.75, 3.05) is 26.3 Å². The number of carbonyl (C=O) groups excluding carboxylic acids is 2. The Morgan fingerprint density at radius 3 is 2.67 bits per heavy atom. The monoisotopic (exact) mass is 213 g/mol. The molecule has 2 saturated heterocycles. The van der Waals surface area contributed by atoms with Gasteiger partial charge in [-0.25, -0.2) is 0 Å². The van der Waals surface area contributed by atoms with E-state index in [1.807, 2.05) is 4.90 Å². The molecular formula is C9H15N3O3. The number of amides is 2. The van der Waals surface area contributed by atoms with Crippen molar-refractivity contribution in [3.8, 4) is 0 Å². The third-order valence-corrected chi connectivity index (χ3v) is 2.91. The molecule has 0 aromatic rings. The quantitative estimate of drug-likeness (QED) is 0.559. The van der Waals surface area contributed by atoms with Crippen LogP contribution in [0.25, 0.3) is 0 Å². The molecule has 15 heavy (non-hydrogen) atoms. The summed E-state index contributed by atoms with van der Waals surface area (Å²) in [4.78, 5) is 24.6. The zero-order valence-electron chi connectivity index (χ0n) is 8.44. The summed E-state index contributed by atoms with van der Waals surface area (Å²) in [6.45, 7) is 2.77. The highest BCUT2D eigenvalue weighted by Crippen LogP contribution is 2.16. The zero-order chi connectivity index (χ0) is 10.8. The van der Waals surface area contributed by atoms with E-state index in [1.165, 1.54) is 0 Å². The molecule has 6 heteroatoms. The molecular weight excluding hydrogens is 198 g/mol. The van der Waals surface area contributed by atoms with Crippen molar-refractivity contribution in [2.24, 2.45) is 5.73 Å². The third kappa shape index (κ3) is 2.10. The van der Waals surface area contributed by atoms with E-state index in [1.54, 1.807) is 0 Å². The maximum atomic E-state index is 11.6. The zero-order valence-corrected chi connectivity index (χ0v) is 8.44. The van der Waals surface area contributed by atoms with E-state index in [0.29, 0.717) is 19.6 Å². The lowest BCUT2D eigenvalue weighted by Crippen LogP contribution is -2.46. The van der Waals surface area contributed by atoms with Crippen LogP contribution in [0.15, 0.2) is 0 Å². The summed E-state index contributed by atoms with van der Waals surface area (Å²) in [6, 6.07) is -0.725. The number of morpholine rings is 1. The maximum Gasteiger partial charge on any atom is 0.240 e. The summed E-state index contributed by atoms with van der Waals surface area (Å²) in [5.74, 6) is -0.556. The minimum absolute atomic E-state index is 0.0966. The van der Waals surface area contributed by atoms with Crippen molar-refractivity contribution in [1.82, 2.24) is 10.2 Å². The molecule has 0 radical (unpaired) electrons. The number of hydrogen-bond donors (Lipinski definition) is 2. The van der Waals surface area contributed by atoms with Gasteiger partial charge in [-0.2, -0.15) is 0 Å². The van der Waals surface area contributed by atoms with Gasteiger partial charge in [-0.05, 0) is 0 Å². The second-order valence-electron chi connectivity index (χ2n) is 3.86. The minimum Gasteiger partial charge on any atom is -0.379 e. The molecule has 84 valence electrons. The van der Waals surface area contributed by atoms with Crippen molar-refractivity contribution in [3.05, 3.63) is 0 Å². The van der Waals surface area contributed by atoms with E-state index in [-0.39, 0.29) is 11.9 Å². The summed E-state index contributed by atoms with van der Waals surface area (Å²) in [6.07, 6.45) is 0.480. The van der Waals surface area contributed by atoms with Crippen molar-refractivity contribution in [3.63, 3.8) is 0 Å². The summed E-state index contributed by atoms with van der Waals surface area (Å²) >= 11 is 0. The fourth-order valence-corrected chi connectivity index (χ4v) is 2.05. The number of primary amides is 1. The Bertz CT molecular complexity index is 276. The van der Waals surface area contributed by atoms with Crippen LogP contribution in [-0.2, 0) is 14.3 Å². The van der Waals surface area contributed by atoms with Crippen LogP contribution in [0.3, 0.4) is 0 Å². The molecule has 0 aromatic heterocycles. The normalized spacial score (nSPS) is 32.7. The van der Waals surface area contributed by atoms with E-state index in [2.05, 4.69) is 5.32 Å². The predicted octanol–water partition coefficient (Wildman–Crippen LogP) is -1.94. The topological polar surface area (TPSA) is 84.7 Å². The Balaban J connectivity index is 1.97. The SMILES string of the molecule is NC(=O)C1CC(N2CCOCC2)C(=O)N1. The average molecular weight is 213 g/mol. The molecule has 2 amide bonds. The second kappa shape index (κ2) is 4.16. The highest BCUT2D eigenvalue weighted by atomic mass is 16.5. The van der Waals surface area contributed by atoms with E-state index in [4.69, 9.17) is 10.5 Å². The van der Waals surface area contributed by atoms with Gasteiger partial charge in [-0.15, -0.1) is 0 Å². The van der Waals surface area contributed by atoms with E-state index < -0.39 is 11.9 Å². The molecule has 6 nitrogen and oxygen atoms in total. The minimum atomic E-state index is -0.509. The van der Waals surface area contributed by atoms with Gasteiger partial charge in [-0.3, -0.25) is 14.5 Å². The van der Waals surface area contributed by atoms with Crippen LogP contribution >= 0.6 is 0 Å². The number of hydrogen-bond acceptors (Lipinski definition) is 4. The molecule has 0 aliphatic carbocycles. The van der Waals surface area contributed by atoms with Crippen molar-refractivity contribution in [1.29, 1.82) is 0 Å². The smallest absolute Gasteiger partial charge is 0.240 e. The van der Waals surface area contributed by atoms with Gasteiger partial charge in [0.2, 0.25) is 11.8 Å². The van der Waals surface area contributed by atoms with Crippen molar-refractivity contribution >= 4 is 11.8 Å². The molecule has 0 spiro atoms. The van der Waals surface area contributed by atoms with E-state index in [0.717, 1.165) is 13.1 Å². The van der Waals surface area contributed by atoms with Gasteiger partial charge in [0, 0.05) is 19.5 Å². The predicted molar refractivity (Wildman–Crippen MR) is 51.9 cm³/mol. The standard InChI is InChI=1S/C9H15N3O3/c10-8(13)6-5-7(9(14)11-6)12-1-3-15-4-2-12/h6-7H,1-5H2,(H2,10,13)(H,11,14). The lowest BCUT2D eigenvalue weighted by atomic mass is 10.1.